The average molecular weight is 335 g/mol. The molecule has 6 nitrogen and oxygen atoms in total. The zero-order valence-corrected chi connectivity index (χ0v) is 13.5. The molecule has 0 aliphatic heterocycles. The predicted octanol–water partition coefficient (Wildman–Crippen LogP) is 3.18. The number of halogens is 2. The summed E-state index contributed by atoms with van der Waals surface area (Å²) in [6, 6.07) is 2.12. The fraction of sp³-hybridized carbons (Fsp3) is 0.462. The van der Waals surface area contributed by atoms with Crippen molar-refractivity contribution in [2.75, 3.05) is 0 Å². The van der Waals surface area contributed by atoms with Crippen LogP contribution in [0.5, 0.6) is 0 Å². The van der Waals surface area contributed by atoms with Crippen LogP contribution < -0.4 is 5.32 Å². The Bertz CT molecular complexity index is 595. The third-order valence-electron chi connectivity index (χ3n) is 3.42. The molecule has 0 spiro atoms. The number of nitrogens with one attached hydrogen (secondary N) is 1. The Balaban J connectivity index is 3.22. The minimum absolute atomic E-state index is 0.0775. The third-order valence-corrected chi connectivity index (χ3v) is 4.23. The molecule has 0 fully saturated rings. The lowest BCUT2D eigenvalue weighted by atomic mass is 9.85. The molecule has 1 rings (SSSR count). The van der Waals surface area contributed by atoms with Crippen molar-refractivity contribution in [3.05, 3.63) is 37.9 Å². The van der Waals surface area contributed by atoms with E-state index in [0.29, 0.717) is 0 Å². The summed E-state index contributed by atoms with van der Waals surface area (Å²) >= 11 is 11.7. The van der Waals surface area contributed by atoms with Crippen LogP contribution in [0.2, 0.25) is 10.0 Å². The number of nitro groups is 1. The molecular formula is C13H16Cl2N2O4. The second kappa shape index (κ2) is 5.79. The Morgan fingerprint density at radius 1 is 1.29 bits per heavy atom. The lowest BCUT2D eigenvalue weighted by Crippen LogP contribution is -2.57. The molecule has 1 aromatic rings. The average Bonchev–Trinajstić information content (AvgIpc) is 2.29. The van der Waals surface area contributed by atoms with Crippen LogP contribution in [-0.4, -0.2) is 27.1 Å². The predicted molar refractivity (Wildman–Crippen MR) is 81.0 cm³/mol. The molecule has 0 saturated carbocycles. The Hall–Kier alpha value is -1.37. The largest absolute Gasteiger partial charge is 0.388 e. The number of carbonyl (C=O) groups excluding carboxylic acids is 1. The molecule has 0 atom stereocenters. The molecule has 0 saturated heterocycles. The fourth-order valence-corrected chi connectivity index (χ4v) is 1.76. The minimum atomic E-state index is -1.21. The van der Waals surface area contributed by atoms with Gasteiger partial charge in [0.25, 0.3) is 11.6 Å². The molecule has 116 valence electrons. The molecule has 8 heteroatoms. The number of nitro benzene ring substituents is 1. The van der Waals surface area contributed by atoms with Gasteiger partial charge < -0.3 is 10.4 Å². The van der Waals surface area contributed by atoms with Crippen molar-refractivity contribution in [2.45, 2.75) is 38.8 Å². The fourth-order valence-electron chi connectivity index (χ4n) is 1.35. The van der Waals surface area contributed by atoms with Gasteiger partial charge in [-0.1, -0.05) is 23.2 Å². The molecule has 21 heavy (non-hydrogen) atoms. The van der Waals surface area contributed by atoms with Crippen LogP contribution >= 0.6 is 23.2 Å². The maximum atomic E-state index is 12.3. The summed E-state index contributed by atoms with van der Waals surface area (Å²) in [5.74, 6) is -0.655. The van der Waals surface area contributed by atoms with Gasteiger partial charge in [0.2, 0.25) is 0 Å². The Labute approximate surface area is 132 Å². The summed E-state index contributed by atoms with van der Waals surface area (Å²) in [5, 5.41) is 23.3. The quantitative estimate of drug-likeness (QED) is 0.653. The molecule has 0 unspecified atom stereocenters. The minimum Gasteiger partial charge on any atom is -0.388 e. The summed E-state index contributed by atoms with van der Waals surface area (Å²) in [4.78, 5) is 22.4. The molecule has 0 aliphatic rings. The van der Waals surface area contributed by atoms with Gasteiger partial charge in [-0.3, -0.25) is 14.9 Å². The van der Waals surface area contributed by atoms with E-state index in [-0.39, 0.29) is 21.3 Å². The van der Waals surface area contributed by atoms with Crippen LogP contribution in [0.25, 0.3) is 0 Å². The Morgan fingerprint density at radius 3 is 2.24 bits per heavy atom. The number of hydrogen-bond donors (Lipinski definition) is 2. The van der Waals surface area contributed by atoms with Gasteiger partial charge in [-0.2, -0.15) is 0 Å². The van der Waals surface area contributed by atoms with E-state index in [9.17, 15) is 20.0 Å². The lowest BCUT2D eigenvalue weighted by Gasteiger charge is -2.38. The summed E-state index contributed by atoms with van der Waals surface area (Å²) in [5.41, 5.74) is -2.65. The first kappa shape index (κ1) is 17.7. The van der Waals surface area contributed by atoms with Crippen LogP contribution in [0.3, 0.4) is 0 Å². The SMILES string of the molecule is CC(C)(O)C(C)(C)NC(=O)c1cc([N+](=O)[O-])cc(Cl)c1Cl. The zero-order valence-electron chi connectivity index (χ0n) is 12.0. The first-order valence-corrected chi connectivity index (χ1v) is 6.81. The highest BCUT2D eigenvalue weighted by Crippen LogP contribution is 2.31. The summed E-state index contributed by atoms with van der Waals surface area (Å²) < 4.78 is 0. The van der Waals surface area contributed by atoms with E-state index in [1.807, 2.05) is 0 Å². The van der Waals surface area contributed by atoms with Gasteiger partial charge in [0, 0.05) is 12.1 Å². The number of amides is 1. The number of aliphatic hydroxyl groups is 1. The highest BCUT2D eigenvalue weighted by molar-refractivity contribution is 6.44. The van der Waals surface area contributed by atoms with Gasteiger partial charge >= 0.3 is 0 Å². The van der Waals surface area contributed by atoms with Crippen LogP contribution in [-0.2, 0) is 0 Å². The third kappa shape index (κ3) is 3.84. The number of non-ortho nitro benzene ring substituents is 1. The van der Waals surface area contributed by atoms with E-state index in [2.05, 4.69) is 5.32 Å². The van der Waals surface area contributed by atoms with Crippen LogP contribution in [0.4, 0.5) is 5.69 Å². The summed E-state index contributed by atoms with van der Waals surface area (Å²) in [7, 11) is 0. The second-order valence-electron chi connectivity index (χ2n) is 5.68. The van der Waals surface area contributed by atoms with Crippen molar-refractivity contribution in [2.24, 2.45) is 0 Å². The maximum absolute atomic E-state index is 12.3. The van der Waals surface area contributed by atoms with E-state index < -0.39 is 22.0 Å². The maximum Gasteiger partial charge on any atom is 0.271 e. The van der Waals surface area contributed by atoms with Crippen LogP contribution in [0.1, 0.15) is 38.1 Å². The van der Waals surface area contributed by atoms with Crippen LogP contribution in [0, 0.1) is 10.1 Å². The molecule has 0 aromatic heterocycles. The molecule has 0 heterocycles. The lowest BCUT2D eigenvalue weighted by molar-refractivity contribution is -0.384. The molecule has 1 amide bonds. The molecular weight excluding hydrogens is 319 g/mol. The van der Waals surface area contributed by atoms with Gasteiger partial charge in [0.15, 0.2) is 0 Å². The zero-order chi connectivity index (χ0) is 16.6. The standard InChI is InChI=1S/C13H16Cl2N2O4/c1-12(2,13(3,4)19)16-11(18)8-5-7(17(20)21)6-9(14)10(8)15/h5-6,19H,1-4H3,(H,16,18). The van der Waals surface area contributed by atoms with E-state index in [4.69, 9.17) is 23.2 Å². The normalized spacial score (nSPS) is 12.1. The van der Waals surface area contributed by atoms with Crippen molar-refractivity contribution < 1.29 is 14.8 Å². The van der Waals surface area contributed by atoms with E-state index >= 15 is 0 Å². The number of hydrogen-bond acceptors (Lipinski definition) is 4. The number of benzene rings is 1. The van der Waals surface area contributed by atoms with Gasteiger partial charge in [-0.25, -0.2) is 0 Å². The van der Waals surface area contributed by atoms with E-state index in [1.54, 1.807) is 13.8 Å². The first-order chi connectivity index (χ1) is 9.36. The van der Waals surface area contributed by atoms with Gasteiger partial charge in [-0.05, 0) is 27.7 Å². The summed E-state index contributed by atoms with van der Waals surface area (Å²) in [6.45, 7) is 6.32. The molecule has 2 N–H and O–H groups in total. The smallest absolute Gasteiger partial charge is 0.271 e. The van der Waals surface area contributed by atoms with Crippen molar-refractivity contribution in [3.63, 3.8) is 0 Å². The van der Waals surface area contributed by atoms with E-state index in [1.165, 1.54) is 13.8 Å². The molecule has 0 aliphatic carbocycles. The molecule has 0 bridgehead atoms. The number of carbonyl (C=O) groups is 1. The molecule has 0 radical (unpaired) electrons. The van der Waals surface area contributed by atoms with E-state index in [0.717, 1.165) is 12.1 Å². The monoisotopic (exact) mass is 334 g/mol. The van der Waals surface area contributed by atoms with Gasteiger partial charge in [0.1, 0.15) is 0 Å². The highest BCUT2D eigenvalue weighted by atomic mass is 35.5. The number of nitrogens with zero attached hydrogens (tertiary/aromatic N) is 1. The first-order valence-electron chi connectivity index (χ1n) is 6.05. The van der Waals surface area contributed by atoms with Crippen molar-refractivity contribution in [1.82, 2.24) is 5.32 Å². The summed E-state index contributed by atoms with van der Waals surface area (Å²) in [6.07, 6.45) is 0. The second-order valence-corrected chi connectivity index (χ2v) is 6.47. The Kier molecular flexibility index (Phi) is 4.87. The highest BCUT2D eigenvalue weighted by Gasteiger charge is 2.37. The van der Waals surface area contributed by atoms with Crippen molar-refractivity contribution in [1.29, 1.82) is 0 Å². The van der Waals surface area contributed by atoms with Crippen LogP contribution in [0.15, 0.2) is 12.1 Å². The van der Waals surface area contributed by atoms with Gasteiger partial charge in [0.05, 0.1) is 31.7 Å². The van der Waals surface area contributed by atoms with Gasteiger partial charge in [-0.15, -0.1) is 0 Å². The topological polar surface area (TPSA) is 92.5 Å². The van der Waals surface area contributed by atoms with Crippen molar-refractivity contribution >= 4 is 34.8 Å². The van der Waals surface area contributed by atoms with Crippen molar-refractivity contribution in [3.8, 4) is 0 Å². The molecule has 1 aromatic carbocycles. The Morgan fingerprint density at radius 2 is 1.81 bits per heavy atom. The number of rotatable bonds is 4.